The van der Waals surface area contributed by atoms with Gasteiger partial charge in [-0.25, -0.2) is 13.6 Å². The van der Waals surface area contributed by atoms with E-state index in [-0.39, 0.29) is 31.1 Å². The number of hydrogen-bond acceptors (Lipinski definition) is 3. The summed E-state index contributed by atoms with van der Waals surface area (Å²) in [7, 11) is 0. The Balaban J connectivity index is 1.65. The van der Waals surface area contributed by atoms with Crippen molar-refractivity contribution >= 4 is 11.9 Å². The number of aliphatic hydroxyl groups excluding tert-OH is 1. The molecule has 0 saturated heterocycles. The lowest BCUT2D eigenvalue weighted by Gasteiger charge is -2.13. The van der Waals surface area contributed by atoms with Crippen molar-refractivity contribution in [1.29, 1.82) is 0 Å². The van der Waals surface area contributed by atoms with Crippen molar-refractivity contribution < 1.29 is 23.5 Å². The maximum absolute atomic E-state index is 13.5. The zero-order chi connectivity index (χ0) is 18.9. The van der Waals surface area contributed by atoms with Crippen LogP contribution >= 0.6 is 0 Å². The Morgan fingerprint density at radius 1 is 0.923 bits per heavy atom. The van der Waals surface area contributed by atoms with Crippen LogP contribution in [0.1, 0.15) is 22.0 Å². The van der Waals surface area contributed by atoms with Crippen molar-refractivity contribution in [3.05, 3.63) is 71.3 Å². The molecule has 0 heterocycles. The monoisotopic (exact) mass is 363 g/mol. The zero-order valence-electron chi connectivity index (χ0n) is 13.8. The molecular weight excluding hydrogens is 344 g/mol. The normalized spacial score (nSPS) is 11.5. The molecule has 0 aromatic heterocycles. The number of carbonyl (C=O) groups is 2. The summed E-state index contributed by atoms with van der Waals surface area (Å²) in [5.74, 6) is -1.37. The number of halogens is 2. The van der Waals surface area contributed by atoms with E-state index in [1.807, 2.05) is 0 Å². The summed E-state index contributed by atoms with van der Waals surface area (Å²) in [6.07, 6.45) is -1.17. The molecule has 0 bridgehead atoms. The first kappa shape index (κ1) is 19.3. The van der Waals surface area contributed by atoms with Crippen molar-refractivity contribution in [2.45, 2.75) is 6.10 Å². The van der Waals surface area contributed by atoms with E-state index in [2.05, 4.69) is 16.0 Å². The number of carbonyl (C=O) groups excluding carboxylic acids is 2. The number of aliphatic hydroxyl groups is 1. The molecule has 2 aromatic rings. The molecule has 2 aromatic carbocycles. The Morgan fingerprint density at radius 3 is 2.27 bits per heavy atom. The third kappa shape index (κ3) is 5.82. The highest BCUT2D eigenvalue weighted by Gasteiger charge is 2.13. The van der Waals surface area contributed by atoms with Crippen LogP contribution in [0.5, 0.6) is 0 Å². The average molecular weight is 363 g/mol. The van der Waals surface area contributed by atoms with Gasteiger partial charge in [0.15, 0.2) is 0 Å². The van der Waals surface area contributed by atoms with Crippen molar-refractivity contribution in [3.63, 3.8) is 0 Å². The van der Waals surface area contributed by atoms with Crippen molar-refractivity contribution in [1.82, 2.24) is 16.0 Å². The Hall–Kier alpha value is -3.00. The van der Waals surface area contributed by atoms with E-state index in [9.17, 15) is 23.5 Å². The lowest BCUT2D eigenvalue weighted by molar-refractivity contribution is 0.0954. The van der Waals surface area contributed by atoms with Gasteiger partial charge in [-0.05, 0) is 30.3 Å². The second kappa shape index (κ2) is 9.47. The molecular formula is C18H19F2N3O3. The average Bonchev–Trinajstić information content (AvgIpc) is 2.64. The van der Waals surface area contributed by atoms with Gasteiger partial charge in [0.1, 0.15) is 11.6 Å². The smallest absolute Gasteiger partial charge is 0.314 e. The van der Waals surface area contributed by atoms with E-state index >= 15 is 0 Å². The summed E-state index contributed by atoms with van der Waals surface area (Å²) in [6.45, 7) is 0.156. The van der Waals surface area contributed by atoms with E-state index < -0.39 is 23.8 Å². The lowest BCUT2D eigenvalue weighted by Crippen LogP contribution is -2.41. The predicted molar refractivity (Wildman–Crippen MR) is 91.5 cm³/mol. The molecule has 0 radical (unpaired) electrons. The van der Waals surface area contributed by atoms with Gasteiger partial charge in [-0.15, -0.1) is 0 Å². The standard InChI is InChI=1S/C18H19F2N3O3/c19-13-7-5-12(6-8-13)17(25)21-9-10-22-18(26)23-11-16(24)14-3-1-2-4-15(14)20/h1-8,16,24H,9-11H2,(H,21,25)(H2,22,23,26). The van der Waals surface area contributed by atoms with E-state index in [0.29, 0.717) is 5.56 Å². The molecule has 1 unspecified atom stereocenters. The van der Waals surface area contributed by atoms with Crippen molar-refractivity contribution in [2.24, 2.45) is 0 Å². The van der Waals surface area contributed by atoms with Crippen LogP contribution in [-0.2, 0) is 0 Å². The highest BCUT2D eigenvalue weighted by atomic mass is 19.1. The fraction of sp³-hybridized carbons (Fsp3) is 0.222. The molecule has 6 nitrogen and oxygen atoms in total. The maximum atomic E-state index is 13.5. The largest absolute Gasteiger partial charge is 0.386 e. The molecule has 4 N–H and O–H groups in total. The molecule has 1 atom stereocenters. The van der Waals surface area contributed by atoms with E-state index in [0.717, 1.165) is 0 Å². The van der Waals surface area contributed by atoms with Crippen LogP contribution in [0.15, 0.2) is 48.5 Å². The molecule has 0 aliphatic heterocycles. The molecule has 138 valence electrons. The molecule has 2 rings (SSSR count). The molecule has 0 aliphatic rings. The Kier molecular flexibility index (Phi) is 7.04. The molecule has 0 fully saturated rings. The van der Waals surface area contributed by atoms with Gasteiger partial charge in [-0.3, -0.25) is 4.79 Å². The first-order valence-corrected chi connectivity index (χ1v) is 7.95. The summed E-state index contributed by atoms with van der Waals surface area (Å²) in [4.78, 5) is 23.4. The van der Waals surface area contributed by atoms with Gasteiger partial charge in [0, 0.05) is 30.8 Å². The quantitative estimate of drug-likeness (QED) is 0.565. The van der Waals surface area contributed by atoms with Gasteiger partial charge in [-0.2, -0.15) is 0 Å². The zero-order valence-corrected chi connectivity index (χ0v) is 13.8. The third-order valence-electron chi connectivity index (χ3n) is 3.52. The van der Waals surface area contributed by atoms with E-state index in [1.165, 1.54) is 42.5 Å². The highest BCUT2D eigenvalue weighted by molar-refractivity contribution is 5.94. The fourth-order valence-corrected chi connectivity index (χ4v) is 2.16. The first-order valence-electron chi connectivity index (χ1n) is 7.95. The van der Waals surface area contributed by atoms with E-state index in [4.69, 9.17) is 0 Å². The summed E-state index contributed by atoms with van der Waals surface area (Å²) in [6, 6.07) is 10.3. The minimum absolute atomic E-state index is 0.0966. The summed E-state index contributed by atoms with van der Waals surface area (Å²) in [5, 5.41) is 17.3. The molecule has 3 amide bonds. The second-order valence-electron chi connectivity index (χ2n) is 5.44. The van der Waals surface area contributed by atoms with Gasteiger partial charge in [0.2, 0.25) is 0 Å². The lowest BCUT2D eigenvalue weighted by atomic mass is 10.1. The van der Waals surface area contributed by atoms with Gasteiger partial charge in [0.25, 0.3) is 5.91 Å². The van der Waals surface area contributed by atoms with Crippen LogP contribution in [0.25, 0.3) is 0 Å². The van der Waals surface area contributed by atoms with Crippen molar-refractivity contribution in [3.8, 4) is 0 Å². The van der Waals surface area contributed by atoms with Gasteiger partial charge >= 0.3 is 6.03 Å². The highest BCUT2D eigenvalue weighted by Crippen LogP contribution is 2.15. The number of rotatable bonds is 7. The van der Waals surface area contributed by atoms with Crippen LogP contribution in [-0.4, -0.2) is 36.7 Å². The maximum Gasteiger partial charge on any atom is 0.314 e. The van der Waals surface area contributed by atoms with Crippen LogP contribution < -0.4 is 16.0 Å². The second-order valence-corrected chi connectivity index (χ2v) is 5.44. The number of benzene rings is 2. The van der Waals surface area contributed by atoms with E-state index in [1.54, 1.807) is 6.07 Å². The van der Waals surface area contributed by atoms with Crippen molar-refractivity contribution in [2.75, 3.05) is 19.6 Å². The number of amides is 3. The Bertz CT molecular complexity index is 754. The Labute approximate surface area is 149 Å². The summed E-state index contributed by atoms with van der Waals surface area (Å²) < 4.78 is 26.3. The van der Waals surface area contributed by atoms with Crippen LogP contribution in [0.2, 0.25) is 0 Å². The number of urea groups is 1. The SMILES string of the molecule is O=C(NCCNC(=O)c1ccc(F)cc1)NCC(O)c1ccccc1F. The molecule has 0 aliphatic carbocycles. The first-order chi connectivity index (χ1) is 12.5. The molecule has 0 saturated carbocycles. The predicted octanol–water partition coefficient (Wildman–Crippen LogP) is 1.73. The van der Waals surface area contributed by atoms with Gasteiger partial charge < -0.3 is 21.1 Å². The van der Waals surface area contributed by atoms with Gasteiger partial charge in [0.05, 0.1) is 6.10 Å². The summed E-state index contributed by atoms with van der Waals surface area (Å²) in [5.41, 5.74) is 0.406. The minimum atomic E-state index is -1.17. The van der Waals surface area contributed by atoms with Gasteiger partial charge in [-0.1, -0.05) is 18.2 Å². The molecule has 0 spiro atoms. The number of hydrogen-bond donors (Lipinski definition) is 4. The van der Waals surface area contributed by atoms with Crippen LogP contribution in [0.3, 0.4) is 0 Å². The van der Waals surface area contributed by atoms with Crippen LogP contribution in [0, 0.1) is 11.6 Å². The number of nitrogens with one attached hydrogen (secondary N) is 3. The molecule has 26 heavy (non-hydrogen) atoms. The minimum Gasteiger partial charge on any atom is -0.386 e. The fourth-order valence-electron chi connectivity index (χ4n) is 2.16. The van der Waals surface area contributed by atoms with Crippen LogP contribution in [0.4, 0.5) is 13.6 Å². The topological polar surface area (TPSA) is 90.5 Å². The molecule has 8 heteroatoms. The third-order valence-corrected chi connectivity index (χ3v) is 3.52. The Morgan fingerprint density at radius 2 is 1.58 bits per heavy atom. The summed E-state index contributed by atoms with van der Waals surface area (Å²) >= 11 is 0.